The maximum atomic E-state index is 12.2. The zero-order chi connectivity index (χ0) is 11.9. The molecule has 0 fully saturated rings. The zero-order valence-electron chi connectivity index (χ0n) is 9.24. The SMILES string of the molecule is CC(C)(CO)N1Cc2cc(Br)ccc2S1=O. The molecule has 0 aliphatic carbocycles. The summed E-state index contributed by atoms with van der Waals surface area (Å²) in [6.45, 7) is 4.40. The number of fused-ring (bicyclic) bond motifs is 1. The van der Waals surface area contributed by atoms with Gasteiger partial charge in [-0.1, -0.05) is 15.9 Å². The molecular weight excluding hydrogens is 290 g/mol. The minimum absolute atomic E-state index is 0.00605. The minimum Gasteiger partial charge on any atom is -0.394 e. The first-order valence-electron chi connectivity index (χ1n) is 5.04. The molecule has 1 unspecified atom stereocenters. The molecule has 2 rings (SSSR count). The summed E-state index contributed by atoms with van der Waals surface area (Å²) < 4.78 is 15.0. The van der Waals surface area contributed by atoms with Gasteiger partial charge < -0.3 is 5.11 Å². The Morgan fingerprint density at radius 2 is 2.25 bits per heavy atom. The highest BCUT2D eigenvalue weighted by molar-refractivity contribution is 9.10. The van der Waals surface area contributed by atoms with Crippen LogP contribution in [0.5, 0.6) is 0 Å². The van der Waals surface area contributed by atoms with Crippen LogP contribution in [0.1, 0.15) is 19.4 Å². The second-order valence-electron chi connectivity index (χ2n) is 4.51. The van der Waals surface area contributed by atoms with E-state index in [9.17, 15) is 9.32 Å². The van der Waals surface area contributed by atoms with Crippen LogP contribution in [0.4, 0.5) is 0 Å². The first kappa shape index (κ1) is 12.2. The average molecular weight is 304 g/mol. The molecule has 3 nitrogen and oxygen atoms in total. The van der Waals surface area contributed by atoms with Crippen LogP contribution in [0.3, 0.4) is 0 Å². The van der Waals surface area contributed by atoms with Gasteiger partial charge in [-0.2, -0.15) is 0 Å². The summed E-state index contributed by atoms with van der Waals surface area (Å²) in [5, 5.41) is 9.32. The molecule has 1 aromatic rings. The second kappa shape index (κ2) is 4.22. The lowest BCUT2D eigenvalue weighted by Crippen LogP contribution is -2.44. The highest BCUT2D eigenvalue weighted by Crippen LogP contribution is 2.34. The monoisotopic (exact) mass is 303 g/mol. The van der Waals surface area contributed by atoms with Gasteiger partial charge in [0.15, 0.2) is 0 Å². The molecule has 1 aliphatic heterocycles. The smallest absolute Gasteiger partial charge is 0.128 e. The van der Waals surface area contributed by atoms with E-state index in [0.717, 1.165) is 14.9 Å². The van der Waals surface area contributed by atoms with Gasteiger partial charge in [0.1, 0.15) is 11.0 Å². The Kier molecular flexibility index (Phi) is 3.22. The van der Waals surface area contributed by atoms with Crippen molar-refractivity contribution in [1.82, 2.24) is 4.31 Å². The highest BCUT2D eigenvalue weighted by Gasteiger charge is 2.37. The number of rotatable bonds is 2. The molecule has 5 heteroatoms. The Bertz CT molecular complexity index is 448. The van der Waals surface area contributed by atoms with E-state index < -0.39 is 16.5 Å². The van der Waals surface area contributed by atoms with E-state index in [1.165, 1.54) is 0 Å². The van der Waals surface area contributed by atoms with Crippen LogP contribution in [-0.2, 0) is 17.5 Å². The molecule has 88 valence electrons. The number of aliphatic hydroxyl groups excluding tert-OH is 1. The number of hydrogen-bond donors (Lipinski definition) is 1. The molecule has 0 amide bonds. The van der Waals surface area contributed by atoms with E-state index >= 15 is 0 Å². The predicted octanol–water partition coefficient (Wildman–Crippen LogP) is 2.06. The summed E-state index contributed by atoms with van der Waals surface area (Å²) in [4.78, 5) is 0.852. The topological polar surface area (TPSA) is 40.5 Å². The molecule has 1 aromatic carbocycles. The van der Waals surface area contributed by atoms with E-state index in [4.69, 9.17) is 0 Å². The van der Waals surface area contributed by atoms with Crippen molar-refractivity contribution < 1.29 is 9.32 Å². The minimum atomic E-state index is -1.16. The molecule has 1 atom stereocenters. The van der Waals surface area contributed by atoms with Gasteiger partial charge >= 0.3 is 0 Å². The summed E-state index contributed by atoms with van der Waals surface area (Å²) in [5.74, 6) is 0. The lowest BCUT2D eigenvalue weighted by molar-refractivity contribution is 0.125. The molecule has 0 spiro atoms. The van der Waals surface area contributed by atoms with E-state index in [0.29, 0.717) is 6.54 Å². The second-order valence-corrected chi connectivity index (χ2v) is 6.80. The van der Waals surface area contributed by atoms with Gasteiger partial charge in [0.05, 0.1) is 17.0 Å². The maximum absolute atomic E-state index is 12.2. The van der Waals surface area contributed by atoms with E-state index in [1.54, 1.807) is 0 Å². The van der Waals surface area contributed by atoms with Crippen LogP contribution in [0, 0.1) is 0 Å². The lowest BCUT2D eigenvalue weighted by atomic mass is 10.1. The van der Waals surface area contributed by atoms with E-state index in [2.05, 4.69) is 15.9 Å². The van der Waals surface area contributed by atoms with Crippen molar-refractivity contribution in [3.05, 3.63) is 28.2 Å². The summed E-state index contributed by atoms with van der Waals surface area (Å²) in [5.41, 5.74) is 0.602. The molecule has 1 N–H and O–H groups in total. The number of benzene rings is 1. The Hall–Kier alpha value is -0.230. The van der Waals surface area contributed by atoms with Crippen LogP contribution in [0.15, 0.2) is 27.6 Å². The average Bonchev–Trinajstić information content (AvgIpc) is 2.56. The summed E-state index contributed by atoms with van der Waals surface area (Å²) >= 11 is 3.41. The van der Waals surface area contributed by atoms with Gasteiger partial charge in [-0.3, -0.25) is 0 Å². The fraction of sp³-hybridized carbons (Fsp3) is 0.455. The van der Waals surface area contributed by atoms with Gasteiger partial charge in [0, 0.05) is 11.0 Å². The molecule has 16 heavy (non-hydrogen) atoms. The third-order valence-electron chi connectivity index (χ3n) is 2.79. The number of nitrogens with zero attached hydrogens (tertiary/aromatic N) is 1. The highest BCUT2D eigenvalue weighted by atomic mass is 79.9. The first-order valence-corrected chi connectivity index (χ1v) is 6.94. The van der Waals surface area contributed by atoms with Gasteiger partial charge in [-0.05, 0) is 37.6 Å². The summed E-state index contributed by atoms with van der Waals surface area (Å²) in [6.07, 6.45) is 0. The van der Waals surface area contributed by atoms with Gasteiger partial charge in [0.25, 0.3) is 0 Å². The van der Waals surface area contributed by atoms with Gasteiger partial charge in [-0.15, -0.1) is 0 Å². The molecule has 1 aliphatic rings. The molecular formula is C11H14BrNO2S. The Balaban J connectivity index is 2.38. The standard InChI is InChI=1S/C11H14BrNO2S/c1-11(2,7-14)13-6-8-5-9(12)3-4-10(8)16(13)15/h3-5,14H,6-7H2,1-2H3. The third-order valence-corrected chi connectivity index (χ3v) is 5.08. The van der Waals surface area contributed by atoms with Crippen LogP contribution in [-0.4, -0.2) is 25.8 Å². The quantitative estimate of drug-likeness (QED) is 0.908. The Morgan fingerprint density at radius 3 is 2.88 bits per heavy atom. The van der Waals surface area contributed by atoms with Crippen LogP contribution >= 0.6 is 15.9 Å². The van der Waals surface area contributed by atoms with Crippen molar-refractivity contribution in [2.75, 3.05) is 6.61 Å². The molecule has 0 saturated carbocycles. The number of hydrogen-bond acceptors (Lipinski definition) is 2. The summed E-state index contributed by atoms with van der Waals surface area (Å²) in [7, 11) is -1.16. The van der Waals surface area contributed by atoms with Gasteiger partial charge in [-0.25, -0.2) is 8.51 Å². The molecule has 1 heterocycles. The Labute approximate surface area is 106 Å². The zero-order valence-corrected chi connectivity index (χ0v) is 11.6. The predicted molar refractivity (Wildman–Crippen MR) is 67.3 cm³/mol. The van der Waals surface area contributed by atoms with Crippen molar-refractivity contribution in [2.45, 2.75) is 30.8 Å². The normalized spacial score (nSPS) is 21.1. The first-order chi connectivity index (χ1) is 7.45. The fourth-order valence-electron chi connectivity index (χ4n) is 1.69. The van der Waals surface area contributed by atoms with E-state index in [1.807, 2.05) is 36.4 Å². The Morgan fingerprint density at radius 1 is 1.56 bits per heavy atom. The van der Waals surface area contributed by atoms with Crippen molar-refractivity contribution in [1.29, 1.82) is 0 Å². The van der Waals surface area contributed by atoms with Crippen LogP contribution in [0.25, 0.3) is 0 Å². The molecule has 0 saturated heterocycles. The van der Waals surface area contributed by atoms with Crippen LogP contribution < -0.4 is 0 Å². The van der Waals surface area contributed by atoms with Gasteiger partial charge in [0.2, 0.25) is 0 Å². The van der Waals surface area contributed by atoms with Crippen molar-refractivity contribution in [3.63, 3.8) is 0 Å². The largest absolute Gasteiger partial charge is 0.394 e. The van der Waals surface area contributed by atoms with Crippen molar-refractivity contribution in [3.8, 4) is 0 Å². The third kappa shape index (κ3) is 1.97. The van der Waals surface area contributed by atoms with Crippen LogP contribution in [0.2, 0.25) is 0 Å². The number of halogens is 1. The lowest BCUT2D eigenvalue weighted by Gasteiger charge is -2.31. The number of aliphatic hydroxyl groups is 1. The summed E-state index contributed by atoms with van der Waals surface area (Å²) in [6, 6.07) is 5.76. The van der Waals surface area contributed by atoms with Crippen molar-refractivity contribution >= 4 is 26.9 Å². The van der Waals surface area contributed by atoms with E-state index in [-0.39, 0.29) is 6.61 Å². The molecule has 0 radical (unpaired) electrons. The molecule has 0 aromatic heterocycles. The maximum Gasteiger partial charge on any atom is 0.128 e. The fourth-order valence-corrected chi connectivity index (χ4v) is 3.63. The molecule has 0 bridgehead atoms. The van der Waals surface area contributed by atoms with Crippen molar-refractivity contribution in [2.24, 2.45) is 0 Å².